The molecule has 0 atom stereocenters. The summed E-state index contributed by atoms with van der Waals surface area (Å²) in [6.07, 6.45) is 0. The van der Waals surface area contributed by atoms with Crippen LogP contribution in [0, 0.1) is 5.82 Å². The second kappa shape index (κ2) is 5.02. The summed E-state index contributed by atoms with van der Waals surface area (Å²) in [7, 11) is 0. The molecule has 0 aliphatic rings. The Morgan fingerprint density at radius 3 is 2.90 bits per heavy atom. The van der Waals surface area contributed by atoms with Gasteiger partial charge >= 0.3 is 0 Å². The van der Waals surface area contributed by atoms with Crippen molar-refractivity contribution in [2.24, 2.45) is 0 Å². The smallest absolute Gasteiger partial charge is 0.153 e. The molecule has 1 heterocycles. The van der Waals surface area contributed by atoms with Crippen LogP contribution in [0.25, 0.3) is 10.9 Å². The third kappa shape index (κ3) is 2.40. The second-order valence-electron chi connectivity index (χ2n) is 4.35. The van der Waals surface area contributed by atoms with Gasteiger partial charge in [0.05, 0.1) is 10.5 Å². The molecule has 0 aliphatic carbocycles. The third-order valence-electron chi connectivity index (χ3n) is 2.95. The fourth-order valence-corrected chi connectivity index (χ4v) is 2.11. The molecule has 102 valence electrons. The Hall–Kier alpha value is -2.27. The predicted octanol–water partition coefficient (Wildman–Crippen LogP) is 3.52. The molecule has 0 bridgehead atoms. The van der Waals surface area contributed by atoms with Crippen molar-refractivity contribution in [3.8, 4) is 5.75 Å². The minimum Gasteiger partial charge on any atom is -0.489 e. The van der Waals surface area contributed by atoms with Crippen molar-refractivity contribution < 1.29 is 9.13 Å². The maximum Gasteiger partial charge on any atom is 0.153 e. The molecule has 0 radical (unpaired) electrons. The number of nitrogens with zero attached hydrogens (tertiary/aromatic N) is 1. The van der Waals surface area contributed by atoms with E-state index in [4.69, 9.17) is 22.1 Å². The average molecular weight is 292 g/mol. The summed E-state index contributed by atoms with van der Waals surface area (Å²) in [6.45, 7) is 0.301. The van der Waals surface area contributed by atoms with E-state index < -0.39 is 5.82 Å². The van der Waals surface area contributed by atoms with Gasteiger partial charge in [0.25, 0.3) is 0 Å². The van der Waals surface area contributed by atoms with Gasteiger partial charge in [0.1, 0.15) is 18.2 Å². The van der Waals surface area contributed by atoms with Crippen molar-refractivity contribution in [1.29, 1.82) is 0 Å². The largest absolute Gasteiger partial charge is 0.489 e. The van der Waals surface area contributed by atoms with E-state index in [1.54, 1.807) is 18.2 Å². The second-order valence-corrected chi connectivity index (χ2v) is 4.76. The van der Waals surface area contributed by atoms with E-state index >= 15 is 0 Å². The van der Waals surface area contributed by atoms with Gasteiger partial charge in [0, 0.05) is 11.5 Å². The fraction of sp³-hybridized carbons (Fsp3) is 0.0714. The normalized spacial score (nSPS) is 10.9. The minimum absolute atomic E-state index is 0.0860. The molecule has 0 aliphatic heterocycles. The number of ether oxygens (including phenoxy) is 1. The number of nitrogens with one attached hydrogen (secondary N) is 1. The molecule has 0 unspecified atom stereocenters. The highest BCUT2D eigenvalue weighted by molar-refractivity contribution is 6.30. The van der Waals surface area contributed by atoms with E-state index in [9.17, 15) is 4.39 Å². The number of hydrogen-bond donors (Lipinski definition) is 2. The Morgan fingerprint density at radius 2 is 2.10 bits per heavy atom. The number of aromatic nitrogens is 2. The van der Waals surface area contributed by atoms with Crippen LogP contribution in [0.5, 0.6) is 5.75 Å². The molecule has 0 spiro atoms. The summed E-state index contributed by atoms with van der Waals surface area (Å²) in [5, 5.41) is 7.67. The maximum atomic E-state index is 13.0. The fourth-order valence-electron chi connectivity index (χ4n) is 1.91. The van der Waals surface area contributed by atoms with Gasteiger partial charge in [-0.3, -0.25) is 5.10 Å². The van der Waals surface area contributed by atoms with Crippen LogP contribution in [0.3, 0.4) is 0 Å². The zero-order valence-corrected chi connectivity index (χ0v) is 11.1. The van der Waals surface area contributed by atoms with Crippen molar-refractivity contribution in [3.63, 3.8) is 0 Å². The van der Waals surface area contributed by atoms with Crippen LogP contribution in [0.15, 0.2) is 36.4 Å². The van der Waals surface area contributed by atoms with Crippen molar-refractivity contribution in [3.05, 3.63) is 52.8 Å². The topological polar surface area (TPSA) is 63.9 Å². The van der Waals surface area contributed by atoms with E-state index in [2.05, 4.69) is 10.2 Å². The van der Waals surface area contributed by atoms with Gasteiger partial charge in [-0.25, -0.2) is 4.39 Å². The SMILES string of the molecule is Nc1n[nH]c2cc(OCc3ccc(F)c(Cl)c3)ccc12. The molecule has 0 saturated carbocycles. The van der Waals surface area contributed by atoms with Crippen LogP contribution < -0.4 is 10.5 Å². The van der Waals surface area contributed by atoms with E-state index in [0.29, 0.717) is 18.2 Å². The first kappa shape index (κ1) is 12.7. The average Bonchev–Trinajstić information content (AvgIpc) is 2.81. The summed E-state index contributed by atoms with van der Waals surface area (Å²) in [5.74, 6) is 0.684. The van der Waals surface area contributed by atoms with Crippen LogP contribution in [-0.2, 0) is 6.61 Å². The van der Waals surface area contributed by atoms with E-state index in [-0.39, 0.29) is 5.02 Å². The zero-order valence-electron chi connectivity index (χ0n) is 10.4. The van der Waals surface area contributed by atoms with Crippen molar-refractivity contribution >= 4 is 28.3 Å². The lowest BCUT2D eigenvalue weighted by atomic mass is 10.2. The number of fused-ring (bicyclic) bond motifs is 1. The van der Waals surface area contributed by atoms with Crippen LogP contribution in [0.4, 0.5) is 10.2 Å². The lowest BCUT2D eigenvalue weighted by Gasteiger charge is -2.07. The van der Waals surface area contributed by atoms with E-state index in [1.165, 1.54) is 6.07 Å². The molecule has 0 saturated heterocycles. The summed E-state index contributed by atoms with van der Waals surface area (Å²) >= 11 is 5.72. The van der Waals surface area contributed by atoms with Gasteiger partial charge in [-0.05, 0) is 29.8 Å². The summed E-state index contributed by atoms with van der Waals surface area (Å²) in [4.78, 5) is 0. The molecule has 1 aromatic heterocycles. The zero-order chi connectivity index (χ0) is 14.1. The lowest BCUT2D eigenvalue weighted by molar-refractivity contribution is 0.306. The minimum atomic E-state index is -0.440. The first-order chi connectivity index (χ1) is 9.63. The summed E-state index contributed by atoms with van der Waals surface area (Å²) in [5.41, 5.74) is 7.28. The third-order valence-corrected chi connectivity index (χ3v) is 3.24. The number of anilines is 1. The number of benzene rings is 2. The number of nitrogens with two attached hydrogens (primary N) is 1. The molecule has 3 N–H and O–H groups in total. The van der Waals surface area contributed by atoms with Gasteiger partial charge in [0.15, 0.2) is 5.82 Å². The lowest BCUT2D eigenvalue weighted by Crippen LogP contribution is -1.96. The van der Waals surface area contributed by atoms with Gasteiger partial charge in [-0.1, -0.05) is 17.7 Å². The van der Waals surface area contributed by atoms with Gasteiger partial charge in [0.2, 0.25) is 0 Å². The first-order valence-electron chi connectivity index (χ1n) is 5.94. The van der Waals surface area contributed by atoms with Crippen LogP contribution in [-0.4, -0.2) is 10.2 Å². The number of halogens is 2. The number of rotatable bonds is 3. The first-order valence-corrected chi connectivity index (χ1v) is 6.31. The van der Waals surface area contributed by atoms with E-state index in [1.807, 2.05) is 12.1 Å². The maximum absolute atomic E-state index is 13.0. The predicted molar refractivity (Wildman–Crippen MR) is 76.2 cm³/mol. The number of hydrogen-bond acceptors (Lipinski definition) is 3. The number of aromatic amines is 1. The molecule has 20 heavy (non-hydrogen) atoms. The van der Waals surface area contributed by atoms with Crippen molar-refractivity contribution in [2.45, 2.75) is 6.61 Å². The molecular formula is C14H11ClFN3O. The quantitative estimate of drug-likeness (QED) is 0.776. The Bertz CT molecular complexity index is 772. The molecular weight excluding hydrogens is 281 g/mol. The Balaban J connectivity index is 1.77. The van der Waals surface area contributed by atoms with Crippen LogP contribution in [0.1, 0.15) is 5.56 Å². The van der Waals surface area contributed by atoms with Gasteiger partial charge in [-0.15, -0.1) is 0 Å². The molecule has 0 amide bonds. The van der Waals surface area contributed by atoms with Crippen LogP contribution >= 0.6 is 11.6 Å². The monoisotopic (exact) mass is 291 g/mol. The number of H-pyrrole nitrogens is 1. The Labute approximate surface area is 119 Å². The highest BCUT2D eigenvalue weighted by atomic mass is 35.5. The van der Waals surface area contributed by atoms with Crippen LogP contribution in [0.2, 0.25) is 5.02 Å². The van der Waals surface area contributed by atoms with E-state index in [0.717, 1.165) is 16.5 Å². The summed E-state index contributed by atoms with van der Waals surface area (Å²) in [6, 6.07) is 9.95. The van der Waals surface area contributed by atoms with Gasteiger partial charge in [-0.2, -0.15) is 5.10 Å². The summed E-state index contributed by atoms with van der Waals surface area (Å²) < 4.78 is 18.7. The highest BCUT2D eigenvalue weighted by Gasteiger charge is 2.05. The Morgan fingerprint density at radius 1 is 1.25 bits per heavy atom. The molecule has 3 aromatic rings. The molecule has 4 nitrogen and oxygen atoms in total. The molecule has 0 fully saturated rings. The Kier molecular flexibility index (Phi) is 3.20. The molecule has 2 aromatic carbocycles. The van der Waals surface area contributed by atoms with Crippen molar-refractivity contribution in [1.82, 2.24) is 10.2 Å². The highest BCUT2D eigenvalue weighted by Crippen LogP contribution is 2.24. The standard InChI is InChI=1S/C14H11ClFN3O/c15-11-5-8(1-4-12(11)16)7-20-9-2-3-10-13(6-9)18-19-14(10)17/h1-6H,7H2,(H3,17,18,19). The van der Waals surface area contributed by atoms with Crippen molar-refractivity contribution in [2.75, 3.05) is 5.73 Å². The molecule has 6 heteroatoms. The van der Waals surface area contributed by atoms with Gasteiger partial charge < -0.3 is 10.5 Å². The molecule has 3 rings (SSSR count). The number of nitrogen functional groups attached to an aromatic ring is 1.